The summed E-state index contributed by atoms with van der Waals surface area (Å²) in [5.74, 6) is 0. The molecule has 0 aliphatic rings. The predicted octanol–water partition coefficient (Wildman–Crippen LogP) is 1.25. The molecule has 0 atom stereocenters. The maximum Gasteiger partial charge on any atom is 0.0474 e. The van der Waals surface area contributed by atoms with Crippen molar-refractivity contribution in [2.45, 2.75) is 12.8 Å². The summed E-state index contributed by atoms with van der Waals surface area (Å²) < 4.78 is 4.96. The molecule has 3 heteroatoms. The lowest BCUT2D eigenvalue weighted by molar-refractivity contribution is 0.194. The zero-order valence-corrected chi connectivity index (χ0v) is 8.70. The van der Waals surface area contributed by atoms with Gasteiger partial charge in [0.15, 0.2) is 0 Å². The molecule has 78 valence electrons. The molecule has 0 radical (unpaired) electrons. The maximum atomic E-state index is 4.96. The van der Waals surface area contributed by atoms with Gasteiger partial charge < -0.3 is 10.1 Å². The summed E-state index contributed by atoms with van der Waals surface area (Å²) in [4.78, 5) is 4.07. The fourth-order valence-corrected chi connectivity index (χ4v) is 1.25. The van der Waals surface area contributed by atoms with Crippen molar-refractivity contribution in [1.29, 1.82) is 0 Å². The molecule has 0 amide bonds. The van der Waals surface area contributed by atoms with Crippen LogP contribution in [0.3, 0.4) is 0 Å². The summed E-state index contributed by atoms with van der Waals surface area (Å²) in [5.41, 5.74) is 1.28. The van der Waals surface area contributed by atoms with Crippen molar-refractivity contribution in [3.8, 4) is 0 Å². The molecule has 0 aliphatic heterocycles. The van der Waals surface area contributed by atoms with Crippen molar-refractivity contribution in [3.63, 3.8) is 0 Å². The third-order valence-electron chi connectivity index (χ3n) is 2.02. The van der Waals surface area contributed by atoms with Crippen LogP contribution in [0, 0.1) is 0 Å². The summed E-state index contributed by atoms with van der Waals surface area (Å²) in [6, 6.07) is 4.07. The van der Waals surface area contributed by atoms with Crippen LogP contribution < -0.4 is 5.32 Å². The Bertz CT molecular complexity index is 226. The van der Waals surface area contributed by atoms with Gasteiger partial charge >= 0.3 is 0 Å². The van der Waals surface area contributed by atoms with Crippen LogP contribution in [0.25, 0.3) is 0 Å². The number of hydrogen-bond acceptors (Lipinski definition) is 3. The number of pyridine rings is 1. The van der Waals surface area contributed by atoms with E-state index < -0.39 is 0 Å². The van der Waals surface area contributed by atoms with E-state index in [4.69, 9.17) is 4.74 Å². The van der Waals surface area contributed by atoms with E-state index in [0.29, 0.717) is 0 Å². The lowest BCUT2D eigenvalue weighted by Crippen LogP contribution is -2.19. The SMILES string of the molecule is COCCCNCCc1cccnc1. The van der Waals surface area contributed by atoms with Crippen LogP contribution in [0.2, 0.25) is 0 Å². The Morgan fingerprint density at radius 2 is 2.36 bits per heavy atom. The molecule has 1 heterocycles. The van der Waals surface area contributed by atoms with Gasteiger partial charge in [0.25, 0.3) is 0 Å². The van der Waals surface area contributed by atoms with Crippen molar-refractivity contribution in [2.24, 2.45) is 0 Å². The van der Waals surface area contributed by atoms with Crippen molar-refractivity contribution in [1.82, 2.24) is 10.3 Å². The Labute approximate surface area is 85.5 Å². The summed E-state index contributed by atoms with van der Waals surface area (Å²) >= 11 is 0. The summed E-state index contributed by atoms with van der Waals surface area (Å²) in [5, 5.41) is 3.36. The van der Waals surface area contributed by atoms with Gasteiger partial charge in [-0.25, -0.2) is 0 Å². The van der Waals surface area contributed by atoms with Crippen LogP contribution in [0.1, 0.15) is 12.0 Å². The van der Waals surface area contributed by atoms with Crippen LogP contribution in [-0.2, 0) is 11.2 Å². The number of nitrogens with one attached hydrogen (secondary N) is 1. The number of methoxy groups -OCH3 is 1. The maximum absolute atomic E-state index is 4.96. The van der Waals surface area contributed by atoms with Crippen LogP contribution in [0.15, 0.2) is 24.5 Å². The molecule has 0 bridgehead atoms. The summed E-state index contributed by atoms with van der Waals surface area (Å²) in [6.07, 6.45) is 5.83. The molecule has 0 spiro atoms. The van der Waals surface area contributed by atoms with E-state index in [1.807, 2.05) is 12.3 Å². The minimum absolute atomic E-state index is 0.833. The highest BCUT2D eigenvalue weighted by Gasteiger charge is 1.91. The highest BCUT2D eigenvalue weighted by atomic mass is 16.5. The normalized spacial score (nSPS) is 10.4. The second kappa shape index (κ2) is 7.47. The lowest BCUT2D eigenvalue weighted by atomic mass is 10.2. The van der Waals surface area contributed by atoms with E-state index in [1.165, 1.54) is 5.56 Å². The zero-order valence-electron chi connectivity index (χ0n) is 8.70. The fraction of sp³-hybridized carbons (Fsp3) is 0.545. The molecule has 0 fully saturated rings. The summed E-state index contributed by atoms with van der Waals surface area (Å²) in [7, 11) is 1.73. The van der Waals surface area contributed by atoms with Gasteiger partial charge in [0.2, 0.25) is 0 Å². The number of nitrogens with zero attached hydrogens (tertiary/aromatic N) is 1. The number of hydrogen-bond donors (Lipinski definition) is 1. The van der Waals surface area contributed by atoms with Crippen molar-refractivity contribution in [3.05, 3.63) is 30.1 Å². The molecule has 1 N–H and O–H groups in total. The minimum Gasteiger partial charge on any atom is -0.385 e. The first kappa shape index (κ1) is 11.1. The van der Waals surface area contributed by atoms with Gasteiger partial charge in [0, 0.05) is 26.1 Å². The highest BCUT2D eigenvalue weighted by molar-refractivity contribution is 5.08. The Balaban J connectivity index is 1.99. The largest absolute Gasteiger partial charge is 0.385 e. The van der Waals surface area contributed by atoms with Gasteiger partial charge in [-0.2, -0.15) is 0 Å². The van der Waals surface area contributed by atoms with E-state index >= 15 is 0 Å². The van der Waals surface area contributed by atoms with Crippen molar-refractivity contribution < 1.29 is 4.74 Å². The molecule has 1 aromatic rings. The predicted molar refractivity (Wildman–Crippen MR) is 57.3 cm³/mol. The molecule has 0 saturated heterocycles. The van der Waals surface area contributed by atoms with Crippen molar-refractivity contribution >= 4 is 0 Å². The molecule has 1 aromatic heterocycles. The zero-order chi connectivity index (χ0) is 10.1. The quantitative estimate of drug-likeness (QED) is 0.663. The first-order valence-corrected chi connectivity index (χ1v) is 5.02. The highest BCUT2D eigenvalue weighted by Crippen LogP contribution is 1.95. The van der Waals surface area contributed by atoms with Gasteiger partial charge in [-0.05, 0) is 37.6 Å². The standard InChI is InChI=1S/C11H18N2O/c1-14-9-3-7-12-8-5-11-4-2-6-13-10-11/h2,4,6,10,12H,3,5,7-9H2,1H3. The van der Waals surface area contributed by atoms with Gasteiger partial charge in [-0.3, -0.25) is 4.98 Å². The van der Waals surface area contributed by atoms with E-state index in [1.54, 1.807) is 13.3 Å². The van der Waals surface area contributed by atoms with E-state index in [2.05, 4.69) is 16.4 Å². The smallest absolute Gasteiger partial charge is 0.0474 e. The van der Waals surface area contributed by atoms with Crippen LogP contribution in [0.5, 0.6) is 0 Å². The average molecular weight is 194 g/mol. The third kappa shape index (κ3) is 4.94. The molecule has 3 nitrogen and oxygen atoms in total. The number of ether oxygens (including phenoxy) is 1. The first-order chi connectivity index (χ1) is 6.93. The number of aromatic nitrogens is 1. The van der Waals surface area contributed by atoms with Gasteiger partial charge in [-0.1, -0.05) is 6.07 Å². The second-order valence-electron chi connectivity index (χ2n) is 3.21. The molecule has 0 unspecified atom stereocenters. The summed E-state index contributed by atoms with van der Waals surface area (Å²) in [6.45, 7) is 2.86. The molecule has 0 aliphatic carbocycles. The monoisotopic (exact) mass is 194 g/mol. The van der Waals surface area contributed by atoms with Gasteiger partial charge in [0.05, 0.1) is 0 Å². The van der Waals surface area contributed by atoms with E-state index in [-0.39, 0.29) is 0 Å². The molecule has 14 heavy (non-hydrogen) atoms. The van der Waals surface area contributed by atoms with E-state index in [0.717, 1.165) is 32.5 Å². The Kier molecular flexibility index (Phi) is 5.95. The molecular weight excluding hydrogens is 176 g/mol. The Morgan fingerprint density at radius 3 is 3.07 bits per heavy atom. The molecule has 0 saturated carbocycles. The Hall–Kier alpha value is -0.930. The first-order valence-electron chi connectivity index (χ1n) is 5.02. The Morgan fingerprint density at radius 1 is 1.43 bits per heavy atom. The van der Waals surface area contributed by atoms with Gasteiger partial charge in [-0.15, -0.1) is 0 Å². The molecule has 1 rings (SSSR count). The fourth-order valence-electron chi connectivity index (χ4n) is 1.25. The number of rotatable bonds is 7. The third-order valence-corrected chi connectivity index (χ3v) is 2.02. The topological polar surface area (TPSA) is 34.1 Å². The minimum atomic E-state index is 0.833. The molecular formula is C11H18N2O. The van der Waals surface area contributed by atoms with E-state index in [9.17, 15) is 0 Å². The lowest BCUT2D eigenvalue weighted by Gasteiger charge is -2.03. The van der Waals surface area contributed by atoms with Crippen LogP contribution in [-0.4, -0.2) is 31.8 Å². The second-order valence-corrected chi connectivity index (χ2v) is 3.21. The van der Waals surface area contributed by atoms with Crippen LogP contribution in [0.4, 0.5) is 0 Å². The van der Waals surface area contributed by atoms with Gasteiger partial charge in [0.1, 0.15) is 0 Å². The van der Waals surface area contributed by atoms with Crippen LogP contribution >= 0.6 is 0 Å². The average Bonchev–Trinajstić information content (AvgIpc) is 2.25. The molecule has 0 aromatic carbocycles. The van der Waals surface area contributed by atoms with Crippen molar-refractivity contribution in [2.75, 3.05) is 26.8 Å².